The van der Waals surface area contributed by atoms with E-state index in [9.17, 15) is 14.4 Å². The van der Waals surface area contributed by atoms with E-state index in [-0.39, 0.29) is 29.8 Å². The van der Waals surface area contributed by atoms with Crippen LogP contribution in [-0.2, 0) is 4.79 Å². The van der Waals surface area contributed by atoms with Crippen molar-refractivity contribution in [2.45, 2.75) is 33.2 Å². The van der Waals surface area contributed by atoms with E-state index in [2.05, 4.69) is 10.3 Å². The molecule has 2 N–H and O–H groups in total. The number of nitrogens with one attached hydrogen (secondary N) is 2. The van der Waals surface area contributed by atoms with Crippen LogP contribution in [0.5, 0.6) is 0 Å². The van der Waals surface area contributed by atoms with E-state index in [1.54, 1.807) is 34.0 Å². The molecule has 20 heavy (non-hydrogen) atoms. The Morgan fingerprint density at radius 1 is 1.40 bits per heavy atom. The highest BCUT2D eigenvalue weighted by Gasteiger charge is 2.22. The molecule has 1 aromatic heterocycles. The van der Waals surface area contributed by atoms with Gasteiger partial charge < -0.3 is 15.2 Å². The van der Waals surface area contributed by atoms with Crippen LogP contribution >= 0.6 is 0 Å². The number of aromatic amines is 1. The first kappa shape index (κ1) is 15.9. The normalized spacial score (nSPS) is 11.8. The molecule has 1 heterocycles. The number of rotatable bonds is 4. The van der Waals surface area contributed by atoms with Gasteiger partial charge in [0, 0.05) is 32.3 Å². The lowest BCUT2D eigenvalue weighted by molar-refractivity contribution is -0.121. The van der Waals surface area contributed by atoms with Crippen LogP contribution in [0.4, 0.5) is 0 Å². The summed E-state index contributed by atoms with van der Waals surface area (Å²) >= 11 is 0. The average molecular weight is 279 g/mol. The van der Waals surface area contributed by atoms with Gasteiger partial charge in [-0.05, 0) is 32.4 Å². The highest BCUT2D eigenvalue weighted by molar-refractivity contribution is 5.94. The van der Waals surface area contributed by atoms with E-state index in [0.29, 0.717) is 0 Å². The topological polar surface area (TPSA) is 82.3 Å². The molecule has 1 aromatic rings. The second kappa shape index (κ2) is 6.36. The first-order valence-electron chi connectivity index (χ1n) is 6.46. The van der Waals surface area contributed by atoms with Crippen LogP contribution in [0.1, 0.15) is 35.0 Å². The average Bonchev–Trinajstić information content (AvgIpc) is 2.40. The second-order valence-electron chi connectivity index (χ2n) is 4.96. The fraction of sp³-hybridized carbons (Fsp3) is 0.500. The second-order valence-corrected chi connectivity index (χ2v) is 4.96. The van der Waals surface area contributed by atoms with Crippen molar-refractivity contribution in [1.29, 1.82) is 0 Å². The van der Waals surface area contributed by atoms with Crippen molar-refractivity contribution in [2.24, 2.45) is 0 Å². The monoisotopic (exact) mass is 279 g/mol. The van der Waals surface area contributed by atoms with Gasteiger partial charge in [0.2, 0.25) is 5.91 Å². The lowest BCUT2D eigenvalue weighted by atomic mass is 10.1. The summed E-state index contributed by atoms with van der Waals surface area (Å²) in [5, 5.41) is 2.51. The van der Waals surface area contributed by atoms with E-state index >= 15 is 0 Å². The van der Waals surface area contributed by atoms with Crippen LogP contribution in [0.25, 0.3) is 0 Å². The molecule has 0 aromatic carbocycles. The van der Waals surface area contributed by atoms with Crippen molar-refractivity contribution < 1.29 is 9.59 Å². The maximum Gasteiger partial charge on any atom is 0.261 e. The van der Waals surface area contributed by atoms with E-state index in [4.69, 9.17) is 0 Å². The number of amides is 2. The number of H-pyrrole nitrogens is 1. The molecule has 6 nitrogen and oxygen atoms in total. The Hall–Kier alpha value is -2.11. The predicted octanol–water partition coefficient (Wildman–Crippen LogP) is 0.588. The molecule has 0 bridgehead atoms. The van der Waals surface area contributed by atoms with Gasteiger partial charge in [-0.15, -0.1) is 0 Å². The Morgan fingerprint density at radius 3 is 2.55 bits per heavy atom. The van der Waals surface area contributed by atoms with Gasteiger partial charge in [0.05, 0.1) is 0 Å². The smallest absolute Gasteiger partial charge is 0.261 e. The van der Waals surface area contributed by atoms with Crippen LogP contribution in [0.3, 0.4) is 0 Å². The molecule has 1 rings (SSSR count). The minimum absolute atomic E-state index is 0.0966. The summed E-state index contributed by atoms with van der Waals surface area (Å²) in [4.78, 5) is 39.6. The van der Waals surface area contributed by atoms with Gasteiger partial charge in [-0.1, -0.05) is 0 Å². The lowest BCUT2D eigenvalue weighted by Gasteiger charge is -2.24. The van der Waals surface area contributed by atoms with Gasteiger partial charge in [0.15, 0.2) is 0 Å². The molecule has 0 aliphatic heterocycles. The summed E-state index contributed by atoms with van der Waals surface area (Å²) in [7, 11) is 3.13. The van der Waals surface area contributed by atoms with Gasteiger partial charge in [0.1, 0.15) is 5.56 Å². The van der Waals surface area contributed by atoms with E-state index in [1.165, 1.54) is 4.90 Å². The van der Waals surface area contributed by atoms with Crippen molar-refractivity contribution in [3.05, 3.63) is 33.2 Å². The first-order chi connectivity index (χ1) is 9.27. The summed E-state index contributed by atoms with van der Waals surface area (Å²) in [6, 6.07) is 1.29. The van der Waals surface area contributed by atoms with E-state index in [1.807, 2.05) is 6.92 Å². The van der Waals surface area contributed by atoms with Crippen molar-refractivity contribution in [3.8, 4) is 0 Å². The number of hydrogen-bond acceptors (Lipinski definition) is 3. The molecular weight excluding hydrogens is 258 g/mol. The Labute approximate surface area is 118 Å². The van der Waals surface area contributed by atoms with Crippen molar-refractivity contribution in [2.75, 3.05) is 14.1 Å². The summed E-state index contributed by atoms with van der Waals surface area (Å²) < 4.78 is 0. The molecular formula is C14H21N3O3. The van der Waals surface area contributed by atoms with Crippen molar-refractivity contribution in [1.82, 2.24) is 15.2 Å². The van der Waals surface area contributed by atoms with Gasteiger partial charge in [-0.2, -0.15) is 0 Å². The fourth-order valence-electron chi connectivity index (χ4n) is 1.78. The number of carbonyl (C=O) groups excluding carboxylic acids is 2. The minimum atomic E-state index is -0.405. The Kier molecular flexibility index (Phi) is 5.07. The zero-order valence-corrected chi connectivity index (χ0v) is 12.5. The highest BCUT2D eigenvalue weighted by Crippen LogP contribution is 2.09. The van der Waals surface area contributed by atoms with Crippen LogP contribution in [0.15, 0.2) is 10.9 Å². The van der Waals surface area contributed by atoms with Crippen LogP contribution in [0, 0.1) is 13.8 Å². The lowest BCUT2D eigenvalue weighted by Crippen LogP contribution is -2.40. The molecule has 110 valence electrons. The largest absolute Gasteiger partial charge is 0.359 e. The number of nitrogens with zero attached hydrogens (tertiary/aromatic N) is 1. The third kappa shape index (κ3) is 3.46. The van der Waals surface area contributed by atoms with Crippen molar-refractivity contribution >= 4 is 11.8 Å². The number of aryl methyl sites for hydroxylation is 2. The van der Waals surface area contributed by atoms with Crippen LogP contribution in [-0.4, -0.2) is 41.8 Å². The maximum atomic E-state index is 12.3. The summed E-state index contributed by atoms with van der Waals surface area (Å²) in [6.07, 6.45) is 0.196. The number of hydrogen-bond donors (Lipinski definition) is 2. The zero-order chi connectivity index (χ0) is 15.4. The molecule has 0 aliphatic rings. The summed E-state index contributed by atoms with van der Waals surface area (Å²) in [5.74, 6) is -0.531. The number of pyridine rings is 1. The Bertz CT molecular complexity index is 578. The Morgan fingerprint density at radius 2 is 2.00 bits per heavy atom. The third-order valence-corrected chi connectivity index (χ3v) is 3.47. The Balaban J connectivity index is 2.97. The first-order valence-corrected chi connectivity index (χ1v) is 6.46. The van der Waals surface area contributed by atoms with Crippen molar-refractivity contribution in [3.63, 3.8) is 0 Å². The predicted molar refractivity (Wildman–Crippen MR) is 76.8 cm³/mol. The van der Waals surface area contributed by atoms with E-state index < -0.39 is 5.56 Å². The maximum absolute atomic E-state index is 12.3. The molecule has 2 amide bonds. The minimum Gasteiger partial charge on any atom is -0.359 e. The zero-order valence-electron chi connectivity index (χ0n) is 12.5. The molecule has 0 saturated heterocycles. The molecule has 0 unspecified atom stereocenters. The highest BCUT2D eigenvalue weighted by atomic mass is 16.2. The van der Waals surface area contributed by atoms with Gasteiger partial charge >= 0.3 is 0 Å². The fourth-order valence-corrected chi connectivity index (χ4v) is 1.78. The molecule has 0 spiro atoms. The summed E-state index contributed by atoms with van der Waals surface area (Å²) in [5.41, 5.74) is 1.28. The van der Waals surface area contributed by atoms with Gasteiger partial charge in [-0.25, -0.2) is 0 Å². The molecule has 0 saturated carbocycles. The molecule has 0 fully saturated rings. The SMILES string of the molecule is CNC(=O)C[C@H](C)N(C)C(=O)c1cc(C)c(C)[nH]c1=O. The number of aromatic nitrogens is 1. The molecule has 0 radical (unpaired) electrons. The summed E-state index contributed by atoms with van der Waals surface area (Å²) in [6.45, 7) is 5.38. The van der Waals surface area contributed by atoms with Gasteiger partial charge in [-0.3, -0.25) is 14.4 Å². The third-order valence-electron chi connectivity index (χ3n) is 3.47. The van der Waals surface area contributed by atoms with Gasteiger partial charge in [0.25, 0.3) is 11.5 Å². The molecule has 6 heteroatoms. The molecule has 1 atom stereocenters. The molecule has 0 aliphatic carbocycles. The number of carbonyl (C=O) groups is 2. The van der Waals surface area contributed by atoms with Crippen LogP contribution < -0.4 is 10.9 Å². The standard InChI is InChI=1S/C14H21N3O3/c1-8-6-11(13(19)16-10(8)3)14(20)17(5)9(2)7-12(18)15-4/h6,9H,7H2,1-5H3,(H,15,18)(H,16,19)/t9-/m0/s1. The van der Waals surface area contributed by atoms with Crippen LogP contribution in [0.2, 0.25) is 0 Å². The van der Waals surface area contributed by atoms with E-state index in [0.717, 1.165) is 11.3 Å². The quantitative estimate of drug-likeness (QED) is 0.846.